The van der Waals surface area contributed by atoms with Crippen molar-refractivity contribution in [3.63, 3.8) is 0 Å². The van der Waals surface area contributed by atoms with E-state index in [1.54, 1.807) is 67.8 Å². The third-order valence-electron chi connectivity index (χ3n) is 4.82. The summed E-state index contributed by atoms with van der Waals surface area (Å²) in [6.07, 6.45) is 0. The number of nitrogens with one attached hydrogen (secondary N) is 2. The van der Waals surface area contributed by atoms with Crippen LogP contribution in [-0.4, -0.2) is 26.0 Å². The summed E-state index contributed by atoms with van der Waals surface area (Å²) in [6.45, 7) is 0. The largest absolute Gasteiger partial charge is 0.497 e. The standard InChI is InChI=1S/C24H19BrN2O5/c1-30-14-11-12-18(20(13-14)31-2)26-24(29)22-21(16-8-4-6-10-19(16)32-22)27-23(28)15-7-3-5-9-17(15)25/h3-13H,1-2H3,(H,26,29)(H,27,28). The number of hydrogen-bond donors (Lipinski definition) is 2. The average Bonchev–Trinajstić information content (AvgIpc) is 3.18. The second-order valence-corrected chi connectivity index (χ2v) is 7.61. The van der Waals surface area contributed by atoms with Gasteiger partial charge in [-0.05, 0) is 52.3 Å². The molecule has 2 N–H and O–H groups in total. The predicted molar refractivity (Wildman–Crippen MR) is 126 cm³/mol. The maximum absolute atomic E-state index is 13.2. The molecule has 7 nitrogen and oxygen atoms in total. The van der Waals surface area contributed by atoms with E-state index >= 15 is 0 Å². The van der Waals surface area contributed by atoms with E-state index in [0.717, 1.165) is 0 Å². The number of anilines is 2. The molecule has 0 fully saturated rings. The third kappa shape index (κ3) is 4.17. The first-order valence-corrected chi connectivity index (χ1v) is 10.4. The van der Waals surface area contributed by atoms with E-state index in [-0.39, 0.29) is 17.4 Å². The second kappa shape index (κ2) is 9.15. The van der Waals surface area contributed by atoms with E-state index in [9.17, 15) is 9.59 Å². The number of hydrogen-bond acceptors (Lipinski definition) is 5. The fourth-order valence-electron chi connectivity index (χ4n) is 3.24. The Bertz CT molecular complexity index is 1310. The Morgan fingerprint density at radius 1 is 0.875 bits per heavy atom. The zero-order valence-electron chi connectivity index (χ0n) is 17.3. The van der Waals surface area contributed by atoms with Crippen LogP contribution < -0.4 is 20.1 Å². The third-order valence-corrected chi connectivity index (χ3v) is 5.51. The van der Waals surface area contributed by atoms with Gasteiger partial charge in [0.2, 0.25) is 5.76 Å². The van der Waals surface area contributed by atoms with Crippen molar-refractivity contribution in [3.05, 3.63) is 82.5 Å². The molecule has 3 aromatic carbocycles. The van der Waals surface area contributed by atoms with Crippen LogP contribution >= 0.6 is 15.9 Å². The number of carbonyl (C=O) groups is 2. The molecule has 0 spiro atoms. The number of carbonyl (C=O) groups excluding carboxylic acids is 2. The smallest absolute Gasteiger partial charge is 0.293 e. The van der Waals surface area contributed by atoms with Gasteiger partial charge < -0.3 is 24.5 Å². The van der Waals surface area contributed by atoms with Gasteiger partial charge in [0, 0.05) is 15.9 Å². The van der Waals surface area contributed by atoms with Crippen LogP contribution in [0.3, 0.4) is 0 Å². The normalized spacial score (nSPS) is 10.6. The minimum atomic E-state index is -0.535. The Balaban J connectivity index is 1.71. The van der Waals surface area contributed by atoms with Gasteiger partial charge in [0.05, 0.1) is 25.5 Å². The minimum Gasteiger partial charge on any atom is -0.497 e. The molecule has 0 unspecified atom stereocenters. The summed E-state index contributed by atoms with van der Waals surface area (Å²) >= 11 is 3.38. The molecule has 32 heavy (non-hydrogen) atoms. The zero-order chi connectivity index (χ0) is 22.7. The first kappa shape index (κ1) is 21.5. The maximum atomic E-state index is 13.2. The van der Waals surface area contributed by atoms with Crippen LogP contribution in [0.25, 0.3) is 11.0 Å². The van der Waals surface area contributed by atoms with Crippen molar-refractivity contribution in [3.8, 4) is 11.5 Å². The SMILES string of the molecule is COc1ccc(NC(=O)c2oc3ccccc3c2NC(=O)c2ccccc2Br)c(OC)c1. The van der Waals surface area contributed by atoms with E-state index in [0.29, 0.717) is 38.2 Å². The predicted octanol–water partition coefficient (Wildman–Crippen LogP) is 5.72. The fourth-order valence-corrected chi connectivity index (χ4v) is 3.70. The van der Waals surface area contributed by atoms with Crippen LogP contribution in [0, 0.1) is 0 Å². The van der Waals surface area contributed by atoms with Gasteiger partial charge in [-0.3, -0.25) is 9.59 Å². The summed E-state index contributed by atoms with van der Waals surface area (Å²) in [5, 5.41) is 6.22. The van der Waals surface area contributed by atoms with E-state index in [2.05, 4.69) is 26.6 Å². The first-order chi connectivity index (χ1) is 15.5. The van der Waals surface area contributed by atoms with Gasteiger partial charge in [-0.25, -0.2) is 0 Å². The van der Waals surface area contributed by atoms with Gasteiger partial charge in [-0.2, -0.15) is 0 Å². The molecule has 1 heterocycles. The van der Waals surface area contributed by atoms with Crippen molar-refractivity contribution in [1.29, 1.82) is 0 Å². The number of ether oxygens (including phenoxy) is 2. The first-order valence-electron chi connectivity index (χ1n) is 9.62. The second-order valence-electron chi connectivity index (χ2n) is 6.76. The fraction of sp³-hybridized carbons (Fsp3) is 0.0833. The molecule has 0 aliphatic heterocycles. The van der Waals surface area contributed by atoms with Crippen molar-refractivity contribution in [2.75, 3.05) is 24.9 Å². The molecular weight excluding hydrogens is 476 g/mol. The van der Waals surface area contributed by atoms with Crippen LogP contribution in [0.2, 0.25) is 0 Å². The van der Waals surface area contributed by atoms with E-state index < -0.39 is 5.91 Å². The Morgan fingerprint density at radius 2 is 1.62 bits per heavy atom. The van der Waals surface area contributed by atoms with Crippen molar-refractivity contribution in [2.45, 2.75) is 0 Å². The lowest BCUT2D eigenvalue weighted by molar-refractivity contribution is 0.0999. The highest BCUT2D eigenvalue weighted by atomic mass is 79.9. The Hall–Kier alpha value is -3.78. The highest BCUT2D eigenvalue weighted by molar-refractivity contribution is 9.10. The Labute approximate surface area is 192 Å². The lowest BCUT2D eigenvalue weighted by Gasteiger charge is -2.12. The molecule has 2 amide bonds. The van der Waals surface area contributed by atoms with Gasteiger partial charge >= 0.3 is 0 Å². The number of benzene rings is 3. The van der Waals surface area contributed by atoms with Crippen LogP contribution in [-0.2, 0) is 0 Å². The number of para-hydroxylation sites is 1. The number of fused-ring (bicyclic) bond motifs is 1. The minimum absolute atomic E-state index is 0.0236. The molecule has 1 aromatic heterocycles. The van der Waals surface area contributed by atoms with Gasteiger partial charge in [0.1, 0.15) is 22.8 Å². The molecule has 0 aliphatic rings. The number of furan rings is 1. The molecule has 0 atom stereocenters. The molecule has 0 saturated heterocycles. The molecular formula is C24H19BrN2O5. The van der Waals surface area contributed by atoms with E-state index in [1.165, 1.54) is 7.11 Å². The number of amides is 2. The summed E-state index contributed by atoms with van der Waals surface area (Å²) in [5.41, 5.74) is 1.62. The summed E-state index contributed by atoms with van der Waals surface area (Å²) in [7, 11) is 3.04. The molecule has 0 saturated carbocycles. The Kier molecular flexibility index (Phi) is 6.13. The highest BCUT2D eigenvalue weighted by Gasteiger charge is 2.24. The molecule has 0 radical (unpaired) electrons. The number of methoxy groups -OCH3 is 2. The Morgan fingerprint density at radius 3 is 2.38 bits per heavy atom. The van der Waals surface area contributed by atoms with Crippen molar-refractivity contribution < 1.29 is 23.5 Å². The van der Waals surface area contributed by atoms with Gasteiger partial charge in [-0.1, -0.05) is 24.3 Å². The molecule has 4 aromatic rings. The topological polar surface area (TPSA) is 89.8 Å². The average molecular weight is 495 g/mol. The van der Waals surface area contributed by atoms with Crippen LogP contribution in [0.15, 0.2) is 75.6 Å². The summed E-state index contributed by atoms with van der Waals surface area (Å²) in [6, 6.07) is 19.2. The number of halogens is 1. The molecule has 0 aliphatic carbocycles. The summed E-state index contributed by atoms with van der Waals surface area (Å²) in [5.74, 6) is 0.0780. The van der Waals surface area contributed by atoms with Crippen LogP contribution in [0.1, 0.15) is 20.9 Å². The van der Waals surface area contributed by atoms with Crippen molar-refractivity contribution in [2.24, 2.45) is 0 Å². The van der Waals surface area contributed by atoms with Gasteiger partial charge in [0.15, 0.2) is 0 Å². The maximum Gasteiger partial charge on any atom is 0.293 e. The molecule has 4 rings (SSSR count). The van der Waals surface area contributed by atoms with E-state index in [1.807, 2.05) is 6.07 Å². The van der Waals surface area contributed by atoms with Gasteiger partial charge in [0.25, 0.3) is 11.8 Å². The molecule has 0 bridgehead atoms. The quantitative estimate of drug-likeness (QED) is 0.357. The molecule has 162 valence electrons. The van der Waals surface area contributed by atoms with Crippen molar-refractivity contribution in [1.82, 2.24) is 0 Å². The summed E-state index contributed by atoms with van der Waals surface area (Å²) in [4.78, 5) is 26.1. The van der Waals surface area contributed by atoms with E-state index in [4.69, 9.17) is 13.9 Å². The van der Waals surface area contributed by atoms with Crippen molar-refractivity contribution >= 4 is 50.1 Å². The lowest BCUT2D eigenvalue weighted by atomic mass is 10.1. The van der Waals surface area contributed by atoms with Gasteiger partial charge in [-0.15, -0.1) is 0 Å². The zero-order valence-corrected chi connectivity index (χ0v) is 18.9. The lowest BCUT2D eigenvalue weighted by Crippen LogP contribution is -2.17. The molecule has 8 heteroatoms. The monoisotopic (exact) mass is 494 g/mol. The van der Waals surface area contributed by atoms with Crippen LogP contribution in [0.5, 0.6) is 11.5 Å². The highest BCUT2D eigenvalue weighted by Crippen LogP contribution is 2.34. The summed E-state index contributed by atoms with van der Waals surface area (Å²) < 4.78 is 17.0. The van der Waals surface area contributed by atoms with Crippen LogP contribution in [0.4, 0.5) is 11.4 Å². The number of rotatable bonds is 6.